The molecule has 2 rings (SSSR count). The van der Waals surface area contributed by atoms with Crippen LogP contribution < -0.4 is 10.1 Å². The number of hydrogen-bond donors (Lipinski definition) is 2. The fourth-order valence-electron chi connectivity index (χ4n) is 1.98. The van der Waals surface area contributed by atoms with Gasteiger partial charge in [0.15, 0.2) is 0 Å². The second kappa shape index (κ2) is 6.90. The number of rotatable bonds is 5. The number of aliphatic hydroxyl groups excluding tert-OH is 1. The van der Waals surface area contributed by atoms with E-state index in [-0.39, 0.29) is 5.91 Å². The molecule has 0 heterocycles. The van der Waals surface area contributed by atoms with E-state index < -0.39 is 6.10 Å². The van der Waals surface area contributed by atoms with Crippen molar-refractivity contribution in [2.75, 3.05) is 7.05 Å². The van der Waals surface area contributed by atoms with Crippen molar-refractivity contribution in [3.8, 4) is 5.75 Å². The van der Waals surface area contributed by atoms with Crippen LogP contribution in [0.15, 0.2) is 48.5 Å². The number of ether oxygens (including phenoxy) is 1. The fourth-order valence-corrected chi connectivity index (χ4v) is 1.98. The van der Waals surface area contributed by atoms with Crippen molar-refractivity contribution < 1.29 is 14.6 Å². The Kier molecular flexibility index (Phi) is 4.95. The van der Waals surface area contributed by atoms with Gasteiger partial charge < -0.3 is 15.2 Å². The topological polar surface area (TPSA) is 58.6 Å². The third-order valence-corrected chi connectivity index (χ3v) is 3.16. The van der Waals surface area contributed by atoms with Crippen molar-refractivity contribution in [1.82, 2.24) is 5.32 Å². The van der Waals surface area contributed by atoms with Crippen LogP contribution in [0, 0.1) is 0 Å². The Balaban J connectivity index is 2.06. The Hall–Kier alpha value is -2.33. The van der Waals surface area contributed by atoms with Crippen LogP contribution in [-0.4, -0.2) is 18.1 Å². The molecule has 0 unspecified atom stereocenters. The minimum atomic E-state index is -0.523. The van der Waals surface area contributed by atoms with Crippen LogP contribution in [0.5, 0.6) is 5.75 Å². The summed E-state index contributed by atoms with van der Waals surface area (Å²) in [5, 5.41) is 12.2. The van der Waals surface area contributed by atoms with Gasteiger partial charge in [0.1, 0.15) is 12.4 Å². The third-order valence-electron chi connectivity index (χ3n) is 3.16. The maximum Gasteiger partial charge on any atom is 0.251 e. The molecule has 4 heteroatoms. The van der Waals surface area contributed by atoms with E-state index in [0.29, 0.717) is 17.9 Å². The van der Waals surface area contributed by atoms with E-state index in [1.807, 2.05) is 36.4 Å². The summed E-state index contributed by atoms with van der Waals surface area (Å²) >= 11 is 0. The highest BCUT2D eigenvalue weighted by Gasteiger charge is 2.05. The number of amides is 1. The minimum Gasteiger partial charge on any atom is -0.489 e. The van der Waals surface area contributed by atoms with Crippen LogP contribution >= 0.6 is 0 Å². The van der Waals surface area contributed by atoms with Gasteiger partial charge in [0, 0.05) is 12.6 Å². The summed E-state index contributed by atoms with van der Waals surface area (Å²) in [4.78, 5) is 11.6. The average Bonchev–Trinajstić information content (AvgIpc) is 2.52. The highest BCUT2D eigenvalue weighted by atomic mass is 16.5. The first-order chi connectivity index (χ1) is 10.1. The van der Waals surface area contributed by atoms with Gasteiger partial charge in [-0.05, 0) is 42.3 Å². The zero-order valence-electron chi connectivity index (χ0n) is 12.2. The molecule has 0 aliphatic heterocycles. The minimum absolute atomic E-state index is 0.118. The van der Waals surface area contributed by atoms with E-state index >= 15 is 0 Å². The van der Waals surface area contributed by atoms with Crippen LogP contribution in [0.4, 0.5) is 0 Å². The first-order valence-electron chi connectivity index (χ1n) is 6.82. The average molecular weight is 285 g/mol. The van der Waals surface area contributed by atoms with Gasteiger partial charge in [-0.2, -0.15) is 0 Å². The monoisotopic (exact) mass is 285 g/mol. The molecule has 0 saturated heterocycles. The van der Waals surface area contributed by atoms with Crippen LogP contribution in [0.3, 0.4) is 0 Å². The second-order valence-electron chi connectivity index (χ2n) is 4.82. The maximum absolute atomic E-state index is 11.6. The number of nitrogens with one attached hydrogen (secondary N) is 1. The molecule has 0 spiro atoms. The van der Waals surface area contributed by atoms with Crippen molar-refractivity contribution in [2.24, 2.45) is 0 Å². The highest BCUT2D eigenvalue weighted by molar-refractivity contribution is 5.94. The van der Waals surface area contributed by atoms with Crippen molar-refractivity contribution in [3.05, 3.63) is 65.2 Å². The van der Waals surface area contributed by atoms with Gasteiger partial charge in [0.25, 0.3) is 5.91 Å². The van der Waals surface area contributed by atoms with E-state index in [9.17, 15) is 9.90 Å². The predicted molar refractivity (Wildman–Crippen MR) is 81.2 cm³/mol. The van der Waals surface area contributed by atoms with Gasteiger partial charge in [0.05, 0.1) is 6.10 Å². The molecule has 21 heavy (non-hydrogen) atoms. The highest BCUT2D eigenvalue weighted by Crippen LogP contribution is 2.20. The molecule has 1 amide bonds. The molecule has 0 aliphatic rings. The number of carbonyl (C=O) groups is 1. The van der Waals surface area contributed by atoms with Crippen molar-refractivity contribution in [3.63, 3.8) is 0 Å². The summed E-state index contributed by atoms with van der Waals surface area (Å²) in [6.45, 7) is 2.08. The van der Waals surface area contributed by atoms with Gasteiger partial charge in [0.2, 0.25) is 0 Å². The molecule has 0 aromatic heterocycles. The lowest BCUT2D eigenvalue weighted by Gasteiger charge is -2.10. The molecule has 0 bridgehead atoms. The van der Waals surface area contributed by atoms with Crippen LogP contribution in [0.1, 0.15) is 34.5 Å². The summed E-state index contributed by atoms with van der Waals surface area (Å²) in [5.41, 5.74) is 2.33. The third kappa shape index (κ3) is 4.07. The largest absolute Gasteiger partial charge is 0.489 e. The molecule has 0 aliphatic carbocycles. The number of aliphatic hydroxyl groups is 1. The normalized spacial score (nSPS) is 11.8. The lowest BCUT2D eigenvalue weighted by molar-refractivity contribution is 0.0963. The van der Waals surface area contributed by atoms with Gasteiger partial charge in [-0.25, -0.2) is 0 Å². The lowest BCUT2D eigenvalue weighted by atomic mass is 10.1. The Labute approximate surface area is 124 Å². The maximum atomic E-state index is 11.6. The van der Waals surface area contributed by atoms with Crippen LogP contribution in [0.2, 0.25) is 0 Å². The van der Waals surface area contributed by atoms with Crippen LogP contribution in [-0.2, 0) is 6.61 Å². The molecular weight excluding hydrogens is 266 g/mol. The molecule has 4 nitrogen and oxygen atoms in total. The number of hydrogen-bond acceptors (Lipinski definition) is 3. The van der Waals surface area contributed by atoms with Gasteiger partial charge >= 0.3 is 0 Å². The SMILES string of the molecule is CNC(=O)c1cccc(COc2cccc([C@H](C)O)c2)c1. The predicted octanol–water partition coefficient (Wildman–Crippen LogP) is 2.68. The Morgan fingerprint density at radius 2 is 2.00 bits per heavy atom. The Bertz CT molecular complexity index is 623. The summed E-state index contributed by atoms with van der Waals surface area (Å²) in [6, 6.07) is 14.7. The van der Waals surface area contributed by atoms with E-state index in [1.165, 1.54) is 0 Å². The smallest absolute Gasteiger partial charge is 0.251 e. The molecule has 1 atom stereocenters. The molecule has 2 aromatic carbocycles. The van der Waals surface area contributed by atoms with Crippen LogP contribution in [0.25, 0.3) is 0 Å². The number of carbonyl (C=O) groups excluding carboxylic acids is 1. The quantitative estimate of drug-likeness (QED) is 0.888. The summed E-state index contributed by atoms with van der Waals surface area (Å²) in [6.07, 6.45) is -0.523. The molecule has 2 N–H and O–H groups in total. The Morgan fingerprint density at radius 3 is 2.71 bits per heavy atom. The molecule has 110 valence electrons. The van der Waals surface area contributed by atoms with Gasteiger partial charge in [-0.15, -0.1) is 0 Å². The van der Waals surface area contributed by atoms with Crippen molar-refractivity contribution >= 4 is 5.91 Å². The second-order valence-corrected chi connectivity index (χ2v) is 4.82. The van der Waals surface area contributed by atoms with E-state index in [2.05, 4.69) is 5.32 Å². The Morgan fingerprint density at radius 1 is 1.24 bits per heavy atom. The first-order valence-corrected chi connectivity index (χ1v) is 6.82. The van der Waals surface area contributed by atoms with E-state index in [0.717, 1.165) is 11.1 Å². The molecule has 0 saturated carbocycles. The van der Waals surface area contributed by atoms with E-state index in [4.69, 9.17) is 4.74 Å². The molecule has 0 fully saturated rings. The van der Waals surface area contributed by atoms with Crippen molar-refractivity contribution in [2.45, 2.75) is 19.6 Å². The summed E-state index contributed by atoms with van der Waals surface area (Å²) in [7, 11) is 1.60. The molecular formula is C17H19NO3. The van der Waals surface area contributed by atoms with Gasteiger partial charge in [-0.1, -0.05) is 24.3 Å². The van der Waals surface area contributed by atoms with Gasteiger partial charge in [-0.3, -0.25) is 4.79 Å². The summed E-state index contributed by atoms with van der Waals surface area (Å²) in [5.74, 6) is 0.576. The zero-order valence-corrected chi connectivity index (χ0v) is 12.2. The van der Waals surface area contributed by atoms with E-state index in [1.54, 1.807) is 26.1 Å². The number of benzene rings is 2. The van der Waals surface area contributed by atoms with Crippen molar-refractivity contribution in [1.29, 1.82) is 0 Å². The lowest BCUT2D eigenvalue weighted by Crippen LogP contribution is -2.17. The summed E-state index contributed by atoms with van der Waals surface area (Å²) < 4.78 is 5.71. The first kappa shape index (κ1) is 15.1. The fraction of sp³-hybridized carbons (Fsp3) is 0.235. The standard InChI is InChI=1S/C17H19NO3/c1-12(19)14-6-4-8-16(10-14)21-11-13-5-3-7-15(9-13)17(20)18-2/h3-10,12,19H,11H2,1-2H3,(H,18,20)/t12-/m0/s1. The zero-order chi connectivity index (χ0) is 15.2. The molecule has 0 radical (unpaired) electrons. The molecule has 2 aromatic rings.